The number of rotatable bonds is 7. The first kappa shape index (κ1) is 27.2. The number of aliphatic hydroxyl groups is 1. The number of nitrogens with one attached hydrogen (secondary N) is 2. The van der Waals surface area contributed by atoms with Crippen molar-refractivity contribution >= 4 is 28.4 Å². The molecule has 3 aromatic heterocycles. The summed E-state index contributed by atoms with van der Waals surface area (Å²) in [6.07, 6.45) is 3.12. The zero-order valence-corrected chi connectivity index (χ0v) is 22.4. The molecule has 202 valence electrons. The molecule has 0 saturated carbocycles. The summed E-state index contributed by atoms with van der Waals surface area (Å²) in [4.78, 5) is 47.6. The smallest absolute Gasteiger partial charge is 0.253 e. The van der Waals surface area contributed by atoms with E-state index in [0.717, 1.165) is 16.8 Å². The van der Waals surface area contributed by atoms with Gasteiger partial charge in [0, 0.05) is 36.9 Å². The van der Waals surface area contributed by atoms with Crippen LogP contribution in [0.5, 0.6) is 0 Å². The molecule has 0 spiro atoms. The number of fused-ring (bicyclic) bond motifs is 1. The zero-order valence-electron chi connectivity index (χ0n) is 22.4. The van der Waals surface area contributed by atoms with E-state index < -0.39 is 12.1 Å². The van der Waals surface area contributed by atoms with Crippen molar-refractivity contribution in [2.75, 3.05) is 13.1 Å². The van der Waals surface area contributed by atoms with E-state index in [9.17, 15) is 19.5 Å². The monoisotopic (exact) mass is 521 g/mol. The number of aromatic nitrogens is 4. The molecule has 1 aliphatic rings. The summed E-state index contributed by atoms with van der Waals surface area (Å²) in [6, 6.07) is 2.66. The van der Waals surface area contributed by atoms with E-state index in [1.165, 1.54) is 6.92 Å². The topological polar surface area (TPSA) is 159 Å². The van der Waals surface area contributed by atoms with Gasteiger partial charge in [-0.3, -0.25) is 14.4 Å². The van der Waals surface area contributed by atoms with Crippen LogP contribution in [0.1, 0.15) is 66.1 Å². The van der Waals surface area contributed by atoms with Gasteiger partial charge in [0.2, 0.25) is 5.91 Å². The third-order valence-corrected chi connectivity index (χ3v) is 6.87. The molecule has 4 heterocycles. The van der Waals surface area contributed by atoms with Crippen molar-refractivity contribution in [3.05, 3.63) is 62.8 Å². The first-order valence-electron chi connectivity index (χ1n) is 12.8. The largest absolute Gasteiger partial charge is 0.391 e. The molecule has 0 aromatic carbocycles. The number of nitrogens with zero attached hydrogens (tertiary/aromatic N) is 4. The quantitative estimate of drug-likeness (QED) is 0.367. The maximum absolute atomic E-state index is 13.4. The van der Waals surface area contributed by atoms with Crippen LogP contribution in [-0.2, 0) is 11.3 Å². The van der Waals surface area contributed by atoms with Gasteiger partial charge in [0.1, 0.15) is 6.04 Å². The van der Waals surface area contributed by atoms with Gasteiger partial charge in [-0.25, -0.2) is 9.67 Å². The maximum atomic E-state index is 13.4. The van der Waals surface area contributed by atoms with Gasteiger partial charge in [-0.2, -0.15) is 5.10 Å². The highest BCUT2D eigenvalue weighted by atomic mass is 16.3. The molecule has 4 rings (SSSR count). The van der Waals surface area contributed by atoms with Gasteiger partial charge in [0.25, 0.3) is 11.5 Å². The number of hydrogen-bond donors (Lipinski definition) is 4. The highest BCUT2D eigenvalue weighted by Gasteiger charge is 2.27. The number of carbonyl (C=O) groups excluding carboxylic acids is 2. The molecule has 38 heavy (non-hydrogen) atoms. The van der Waals surface area contributed by atoms with Crippen LogP contribution >= 0.6 is 0 Å². The number of aryl methyl sites for hydroxylation is 2. The van der Waals surface area contributed by atoms with Gasteiger partial charge in [-0.05, 0) is 64.3 Å². The van der Waals surface area contributed by atoms with Crippen LogP contribution in [-0.4, -0.2) is 66.8 Å². The van der Waals surface area contributed by atoms with Gasteiger partial charge >= 0.3 is 0 Å². The molecule has 2 atom stereocenters. The minimum atomic E-state index is -0.973. The zero-order chi connectivity index (χ0) is 27.7. The average molecular weight is 522 g/mol. The van der Waals surface area contributed by atoms with Crippen molar-refractivity contribution in [1.29, 1.82) is 0 Å². The van der Waals surface area contributed by atoms with E-state index >= 15 is 0 Å². The number of nitrogens with two attached hydrogens (primary N) is 1. The number of amides is 2. The highest BCUT2D eigenvalue weighted by molar-refractivity contribution is 6.06. The maximum Gasteiger partial charge on any atom is 0.253 e. The van der Waals surface area contributed by atoms with Crippen LogP contribution < -0.4 is 16.6 Å². The molecular formula is C27H35N7O4. The summed E-state index contributed by atoms with van der Waals surface area (Å²) in [7, 11) is 0. The molecule has 1 aliphatic heterocycles. The summed E-state index contributed by atoms with van der Waals surface area (Å²) < 4.78 is 1.77. The summed E-state index contributed by atoms with van der Waals surface area (Å²) in [6.45, 7) is 9.96. The Balaban J connectivity index is 1.66. The second-order valence-electron chi connectivity index (χ2n) is 10.1. The first-order valence-corrected chi connectivity index (χ1v) is 12.8. The lowest BCUT2D eigenvalue weighted by atomic mass is 10.0. The molecule has 3 aromatic rings. The van der Waals surface area contributed by atoms with E-state index in [2.05, 4.69) is 15.4 Å². The van der Waals surface area contributed by atoms with E-state index in [4.69, 9.17) is 10.7 Å². The van der Waals surface area contributed by atoms with E-state index in [1.807, 2.05) is 39.8 Å². The molecular weight excluding hydrogens is 486 g/mol. The molecule has 0 bridgehead atoms. The van der Waals surface area contributed by atoms with Crippen LogP contribution in [0.3, 0.4) is 0 Å². The van der Waals surface area contributed by atoms with Crippen molar-refractivity contribution in [3.63, 3.8) is 0 Å². The average Bonchev–Trinajstić information content (AvgIpc) is 3.31. The second kappa shape index (κ2) is 10.9. The Kier molecular flexibility index (Phi) is 7.79. The lowest BCUT2D eigenvalue weighted by Crippen LogP contribution is -2.50. The van der Waals surface area contributed by atoms with Crippen LogP contribution in [0.25, 0.3) is 16.6 Å². The van der Waals surface area contributed by atoms with Crippen LogP contribution in [0.4, 0.5) is 0 Å². The van der Waals surface area contributed by atoms with Gasteiger partial charge in [-0.1, -0.05) is 6.08 Å². The van der Waals surface area contributed by atoms with Crippen LogP contribution in [0.2, 0.25) is 0 Å². The Bertz CT molecular complexity index is 1470. The summed E-state index contributed by atoms with van der Waals surface area (Å²) >= 11 is 0. The molecule has 2 unspecified atom stereocenters. The fourth-order valence-electron chi connectivity index (χ4n) is 4.63. The number of aliphatic hydroxyl groups excluding tert-OH is 1. The van der Waals surface area contributed by atoms with E-state index in [-0.39, 0.29) is 30.0 Å². The molecule has 11 heteroatoms. The Morgan fingerprint density at radius 3 is 2.58 bits per heavy atom. The Hall–Kier alpha value is -3.83. The van der Waals surface area contributed by atoms with Crippen molar-refractivity contribution in [2.24, 2.45) is 5.73 Å². The Morgan fingerprint density at radius 2 is 1.97 bits per heavy atom. The number of H-pyrrole nitrogens is 1. The number of hydrogen-bond acceptors (Lipinski definition) is 7. The van der Waals surface area contributed by atoms with E-state index in [0.29, 0.717) is 47.4 Å². The first-order chi connectivity index (χ1) is 18.0. The van der Waals surface area contributed by atoms with E-state index in [1.54, 1.807) is 21.8 Å². The Morgan fingerprint density at radius 1 is 1.24 bits per heavy atom. The van der Waals surface area contributed by atoms with Gasteiger partial charge in [-0.15, -0.1) is 0 Å². The Labute approximate surface area is 220 Å². The van der Waals surface area contributed by atoms with Gasteiger partial charge in [0.15, 0.2) is 5.65 Å². The van der Waals surface area contributed by atoms with Gasteiger partial charge < -0.3 is 26.0 Å². The third-order valence-electron chi connectivity index (χ3n) is 6.87. The van der Waals surface area contributed by atoms with Crippen LogP contribution in [0, 0.1) is 13.8 Å². The molecule has 11 nitrogen and oxygen atoms in total. The molecule has 0 saturated heterocycles. The predicted octanol–water partition coefficient (Wildman–Crippen LogP) is 1.57. The summed E-state index contributed by atoms with van der Waals surface area (Å²) in [5, 5.41) is 17.6. The standard InChI is InChI=1S/C27H35N7O4/c1-14(2)34-24-21(13-30-34)19(25(36)29-12-20-15(3)10-16(4)31-26(20)37)11-22(32-24)18-6-8-33(9-7-18)27(38)23(28)17(5)35/h6,10-11,13-14,17,23,35H,7-9,12,28H2,1-5H3,(H,29,36)(H,31,37). The fourth-order valence-corrected chi connectivity index (χ4v) is 4.63. The number of pyridine rings is 2. The van der Waals surface area contributed by atoms with Crippen molar-refractivity contribution in [2.45, 2.75) is 65.8 Å². The fraction of sp³-hybridized carbons (Fsp3) is 0.444. The molecule has 2 amide bonds. The normalized spacial score (nSPS) is 15.5. The highest BCUT2D eigenvalue weighted by Crippen LogP contribution is 2.27. The number of carbonyl (C=O) groups is 2. The lowest BCUT2D eigenvalue weighted by Gasteiger charge is -2.29. The minimum absolute atomic E-state index is 0.0235. The minimum Gasteiger partial charge on any atom is -0.391 e. The predicted molar refractivity (Wildman–Crippen MR) is 144 cm³/mol. The lowest BCUT2D eigenvalue weighted by molar-refractivity contribution is -0.134. The van der Waals surface area contributed by atoms with Crippen molar-refractivity contribution in [1.82, 2.24) is 30.0 Å². The van der Waals surface area contributed by atoms with Gasteiger partial charge in [0.05, 0.1) is 28.9 Å². The van der Waals surface area contributed by atoms with Crippen molar-refractivity contribution < 1.29 is 14.7 Å². The summed E-state index contributed by atoms with van der Waals surface area (Å²) in [5.41, 5.74) is 10.2. The SMILES string of the molecule is Cc1cc(C)c(CNC(=O)c2cc(C3=CCN(C(=O)C(N)C(C)O)CC3)nc3c2cnn3C(C)C)c(=O)[nH]1. The number of aromatic amines is 1. The molecule has 0 fully saturated rings. The van der Waals surface area contributed by atoms with Crippen LogP contribution in [0.15, 0.2) is 29.2 Å². The second-order valence-corrected chi connectivity index (χ2v) is 10.1. The molecule has 0 aliphatic carbocycles. The molecule has 5 N–H and O–H groups in total. The van der Waals surface area contributed by atoms with Crippen molar-refractivity contribution in [3.8, 4) is 0 Å². The summed E-state index contributed by atoms with van der Waals surface area (Å²) in [5.74, 6) is -0.643. The third kappa shape index (κ3) is 5.39. The molecule has 0 radical (unpaired) electrons.